The van der Waals surface area contributed by atoms with Crippen LogP contribution in [0.4, 0.5) is 5.82 Å². The Bertz CT molecular complexity index is 984. The highest BCUT2D eigenvalue weighted by molar-refractivity contribution is 5.95. The van der Waals surface area contributed by atoms with Crippen molar-refractivity contribution in [2.45, 2.75) is 25.8 Å². The van der Waals surface area contributed by atoms with Crippen molar-refractivity contribution in [3.8, 4) is 0 Å². The second kappa shape index (κ2) is 6.64. The van der Waals surface area contributed by atoms with Gasteiger partial charge in [-0.1, -0.05) is 12.1 Å². The third-order valence-electron chi connectivity index (χ3n) is 5.60. The molecule has 27 heavy (non-hydrogen) atoms. The summed E-state index contributed by atoms with van der Waals surface area (Å²) in [4.78, 5) is 26.1. The number of amides is 1. The van der Waals surface area contributed by atoms with Crippen molar-refractivity contribution >= 4 is 22.6 Å². The summed E-state index contributed by atoms with van der Waals surface area (Å²) in [5.41, 5.74) is 2.85. The molecule has 0 bridgehead atoms. The first-order valence-corrected chi connectivity index (χ1v) is 9.60. The zero-order valence-electron chi connectivity index (χ0n) is 15.2. The largest absolute Gasteiger partial charge is 0.352 e. The number of aromatic nitrogens is 4. The van der Waals surface area contributed by atoms with Gasteiger partial charge in [0.1, 0.15) is 12.1 Å². The van der Waals surface area contributed by atoms with Gasteiger partial charge >= 0.3 is 0 Å². The molecule has 2 aliphatic rings. The molecule has 0 spiro atoms. The van der Waals surface area contributed by atoms with Crippen LogP contribution in [0, 0.1) is 0 Å². The Morgan fingerprint density at radius 2 is 1.81 bits per heavy atom. The highest BCUT2D eigenvalue weighted by Gasteiger charge is 2.27. The van der Waals surface area contributed by atoms with E-state index in [1.165, 1.54) is 0 Å². The molecule has 0 saturated carbocycles. The van der Waals surface area contributed by atoms with Gasteiger partial charge in [0.2, 0.25) is 0 Å². The van der Waals surface area contributed by atoms with E-state index in [9.17, 15) is 4.79 Å². The van der Waals surface area contributed by atoms with Gasteiger partial charge < -0.3 is 9.80 Å². The van der Waals surface area contributed by atoms with Gasteiger partial charge in [0.05, 0.1) is 23.0 Å². The topological polar surface area (TPSA) is 67.2 Å². The Morgan fingerprint density at radius 1 is 0.963 bits per heavy atom. The highest BCUT2D eigenvalue weighted by Crippen LogP contribution is 2.25. The summed E-state index contributed by atoms with van der Waals surface area (Å²) in [6.45, 7) is 3.87. The number of carbonyl (C=O) groups is 1. The number of para-hydroxylation sites is 1. The number of nitrogens with zero attached hydrogens (tertiary/aromatic N) is 6. The summed E-state index contributed by atoms with van der Waals surface area (Å²) in [7, 11) is 0. The molecule has 0 unspecified atom stereocenters. The van der Waals surface area contributed by atoms with Crippen LogP contribution in [0.5, 0.6) is 0 Å². The molecule has 0 atom stereocenters. The van der Waals surface area contributed by atoms with Crippen molar-refractivity contribution in [2.24, 2.45) is 0 Å². The predicted octanol–water partition coefficient (Wildman–Crippen LogP) is 2.12. The minimum absolute atomic E-state index is 0.116. The van der Waals surface area contributed by atoms with Crippen LogP contribution in [0.25, 0.3) is 10.9 Å². The molecule has 1 amide bonds. The average molecular weight is 362 g/mol. The predicted molar refractivity (Wildman–Crippen MR) is 103 cm³/mol. The highest BCUT2D eigenvalue weighted by atomic mass is 16.2. The average Bonchev–Trinajstić information content (AvgIpc) is 3.17. The number of aryl methyl sites for hydroxylation is 1. The minimum atomic E-state index is 0.116. The van der Waals surface area contributed by atoms with Crippen LogP contribution in [0.3, 0.4) is 0 Å². The van der Waals surface area contributed by atoms with E-state index in [1.807, 2.05) is 27.8 Å². The van der Waals surface area contributed by atoms with E-state index in [2.05, 4.69) is 26.0 Å². The van der Waals surface area contributed by atoms with Crippen molar-refractivity contribution < 1.29 is 4.79 Å². The third-order valence-corrected chi connectivity index (χ3v) is 5.60. The lowest BCUT2D eigenvalue weighted by Crippen LogP contribution is -2.49. The van der Waals surface area contributed by atoms with E-state index in [0.717, 1.165) is 66.9 Å². The van der Waals surface area contributed by atoms with Gasteiger partial charge in [0, 0.05) is 38.1 Å². The molecule has 138 valence electrons. The van der Waals surface area contributed by atoms with Crippen LogP contribution < -0.4 is 4.90 Å². The molecule has 1 fully saturated rings. The molecule has 1 aromatic carbocycles. The Kier molecular flexibility index (Phi) is 3.99. The van der Waals surface area contributed by atoms with Crippen LogP contribution in [0.15, 0.2) is 36.8 Å². The van der Waals surface area contributed by atoms with Gasteiger partial charge in [-0.05, 0) is 31.4 Å². The molecule has 0 radical (unpaired) electrons. The van der Waals surface area contributed by atoms with Gasteiger partial charge in [0.15, 0.2) is 0 Å². The molecule has 7 nitrogen and oxygen atoms in total. The first-order valence-electron chi connectivity index (χ1n) is 9.60. The molecule has 3 aromatic rings. The number of benzene rings is 1. The molecule has 2 aliphatic heterocycles. The summed E-state index contributed by atoms with van der Waals surface area (Å²) in [6.07, 6.45) is 6.62. The third kappa shape index (κ3) is 2.83. The number of anilines is 1. The lowest BCUT2D eigenvalue weighted by molar-refractivity contribution is 0.0745. The number of hydrogen-bond donors (Lipinski definition) is 0. The van der Waals surface area contributed by atoms with Crippen molar-refractivity contribution in [3.05, 3.63) is 48.0 Å². The van der Waals surface area contributed by atoms with E-state index in [1.54, 1.807) is 12.5 Å². The van der Waals surface area contributed by atoms with E-state index in [0.29, 0.717) is 13.1 Å². The summed E-state index contributed by atoms with van der Waals surface area (Å²) in [6, 6.07) is 8.06. The standard InChI is InChI=1S/C20H22N6O/c27-20(16-13-23-26-8-4-3-7-18(16)26)25-11-9-24(10-12-25)19-15-5-1-2-6-17(15)21-14-22-19/h1-2,5-6,13-14H,3-4,7-12H2. The SMILES string of the molecule is O=C(c1cnn2c1CCCC2)N1CCN(c2ncnc3ccccc23)CC1. The van der Waals surface area contributed by atoms with Crippen molar-refractivity contribution in [1.29, 1.82) is 0 Å². The Morgan fingerprint density at radius 3 is 2.70 bits per heavy atom. The van der Waals surface area contributed by atoms with Crippen molar-refractivity contribution in [1.82, 2.24) is 24.6 Å². The summed E-state index contributed by atoms with van der Waals surface area (Å²) >= 11 is 0. The fraction of sp³-hybridized carbons (Fsp3) is 0.400. The normalized spacial score (nSPS) is 17.2. The lowest BCUT2D eigenvalue weighted by atomic mass is 10.1. The maximum atomic E-state index is 13.0. The Hall–Kier alpha value is -2.96. The number of rotatable bonds is 2. The Labute approximate surface area is 157 Å². The molecule has 0 aliphatic carbocycles. The maximum Gasteiger partial charge on any atom is 0.257 e. The molecule has 7 heteroatoms. The smallest absolute Gasteiger partial charge is 0.257 e. The zero-order valence-corrected chi connectivity index (χ0v) is 15.2. The first-order chi connectivity index (χ1) is 13.3. The number of fused-ring (bicyclic) bond motifs is 2. The molecule has 5 rings (SSSR count). The van der Waals surface area contributed by atoms with Crippen LogP contribution >= 0.6 is 0 Å². The van der Waals surface area contributed by atoms with Crippen molar-refractivity contribution in [2.75, 3.05) is 31.1 Å². The summed E-state index contributed by atoms with van der Waals surface area (Å²) in [5.74, 6) is 1.07. The number of carbonyl (C=O) groups excluding carboxylic acids is 1. The Balaban J connectivity index is 1.33. The number of hydrogen-bond acceptors (Lipinski definition) is 5. The van der Waals surface area contributed by atoms with E-state index in [-0.39, 0.29) is 5.91 Å². The molecule has 4 heterocycles. The molecular formula is C20H22N6O. The first kappa shape index (κ1) is 16.2. The van der Waals surface area contributed by atoms with E-state index >= 15 is 0 Å². The van der Waals surface area contributed by atoms with Crippen LogP contribution in [0.1, 0.15) is 28.9 Å². The monoisotopic (exact) mass is 362 g/mol. The lowest BCUT2D eigenvalue weighted by Gasteiger charge is -2.35. The molecule has 0 N–H and O–H groups in total. The second-order valence-corrected chi connectivity index (χ2v) is 7.18. The summed E-state index contributed by atoms with van der Waals surface area (Å²) < 4.78 is 2.00. The fourth-order valence-corrected chi connectivity index (χ4v) is 4.13. The van der Waals surface area contributed by atoms with E-state index in [4.69, 9.17) is 0 Å². The van der Waals surface area contributed by atoms with Gasteiger partial charge in [-0.2, -0.15) is 5.10 Å². The molecule has 1 saturated heterocycles. The van der Waals surface area contributed by atoms with Crippen LogP contribution in [0.2, 0.25) is 0 Å². The maximum absolute atomic E-state index is 13.0. The molecular weight excluding hydrogens is 340 g/mol. The van der Waals surface area contributed by atoms with Gasteiger partial charge in [-0.15, -0.1) is 0 Å². The van der Waals surface area contributed by atoms with Gasteiger partial charge in [0.25, 0.3) is 5.91 Å². The van der Waals surface area contributed by atoms with E-state index < -0.39 is 0 Å². The fourth-order valence-electron chi connectivity index (χ4n) is 4.13. The van der Waals surface area contributed by atoms with Crippen LogP contribution in [-0.4, -0.2) is 56.7 Å². The summed E-state index contributed by atoms with van der Waals surface area (Å²) in [5, 5.41) is 5.47. The van der Waals surface area contributed by atoms with Crippen LogP contribution in [-0.2, 0) is 13.0 Å². The van der Waals surface area contributed by atoms with Gasteiger partial charge in [-0.25, -0.2) is 9.97 Å². The minimum Gasteiger partial charge on any atom is -0.352 e. The van der Waals surface area contributed by atoms with Crippen molar-refractivity contribution in [3.63, 3.8) is 0 Å². The number of piperazine rings is 1. The quantitative estimate of drug-likeness (QED) is 0.699. The zero-order chi connectivity index (χ0) is 18.2. The second-order valence-electron chi connectivity index (χ2n) is 7.18. The van der Waals surface area contributed by atoms with Gasteiger partial charge in [-0.3, -0.25) is 9.48 Å². The molecule has 2 aromatic heterocycles.